The molecule has 1 aromatic rings. The Hall–Kier alpha value is -1.88. The second kappa shape index (κ2) is 6.72. The summed E-state index contributed by atoms with van der Waals surface area (Å²) in [5.74, 6) is -1.07. The van der Waals surface area contributed by atoms with E-state index < -0.39 is 12.0 Å². The van der Waals surface area contributed by atoms with Gasteiger partial charge in [-0.3, -0.25) is 9.69 Å². The number of aliphatic carboxylic acids is 1. The summed E-state index contributed by atoms with van der Waals surface area (Å²) < 4.78 is 0. The van der Waals surface area contributed by atoms with Crippen LogP contribution in [0.5, 0.6) is 0 Å². The van der Waals surface area contributed by atoms with Gasteiger partial charge in [-0.05, 0) is 31.9 Å². The first-order chi connectivity index (χ1) is 10.0. The van der Waals surface area contributed by atoms with Crippen molar-refractivity contribution in [3.05, 3.63) is 35.9 Å². The molecule has 2 atom stereocenters. The molecule has 1 fully saturated rings. The highest BCUT2D eigenvalue weighted by molar-refractivity contribution is 5.86. The molecule has 0 radical (unpaired) electrons. The van der Waals surface area contributed by atoms with E-state index >= 15 is 0 Å². The lowest BCUT2D eigenvalue weighted by molar-refractivity contribution is -0.150. The number of rotatable bonds is 5. The monoisotopic (exact) mass is 290 g/mol. The lowest BCUT2D eigenvalue weighted by atomic mass is 10.1. The minimum absolute atomic E-state index is 0.0988. The summed E-state index contributed by atoms with van der Waals surface area (Å²) in [6.07, 6.45) is 1.76. The van der Waals surface area contributed by atoms with Gasteiger partial charge in [0.05, 0.1) is 6.04 Å². The fourth-order valence-electron chi connectivity index (χ4n) is 2.70. The molecule has 0 spiro atoms. The van der Waals surface area contributed by atoms with Gasteiger partial charge in [0.25, 0.3) is 0 Å². The Labute approximate surface area is 125 Å². The molecule has 21 heavy (non-hydrogen) atoms. The van der Waals surface area contributed by atoms with Crippen molar-refractivity contribution in [3.63, 3.8) is 0 Å². The highest BCUT2D eigenvalue weighted by Gasteiger charge is 2.35. The van der Waals surface area contributed by atoms with E-state index in [0.29, 0.717) is 0 Å². The molecule has 0 aliphatic carbocycles. The van der Waals surface area contributed by atoms with Gasteiger partial charge in [-0.15, -0.1) is 0 Å². The molecule has 2 rings (SSSR count). The number of hydrogen-bond donors (Lipinski definition) is 1. The molecule has 114 valence electrons. The topological polar surface area (TPSA) is 60.9 Å². The number of amides is 1. The van der Waals surface area contributed by atoms with Crippen molar-refractivity contribution in [2.75, 3.05) is 13.6 Å². The molecular weight excluding hydrogens is 268 g/mol. The van der Waals surface area contributed by atoms with Crippen LogP contribution >= 0.6 is 0 Å². The first-order valence-corrected chi connectivity index (χ1v) is 7.28. The van der Waals surface area contributed by atoms with E-state index in [9.17, 15) is 9.59 Å². The third kappa shape index (κ3) is 3.61. The molecule has 1 saturated heterocycles. The van der Waals surface area contributed by atoms with Crippen LogP contribution in [0, 0.1) is 0 Å². The lowest BCUT2D eigenvalue weighted by Crippen LogP contribution is -2.49. The van der Waals surface area contributed by atoms with Crippen molar-refractivity contribution in [1.82, 2.24) is 9.80 Å². The van der Waals surface area contributed by atoms with Gasteiger partial charge in [-0.1, -0.05) is 30.3 Å². The fraction of sp³-hybridized carbons (Fsp3) is 0.500. The van der Waals surface area contributed by atoms with Crippen LogP contribution in [0.2, 0.25) is 0 Å². The molecular formula is C16H22N2O3. The fourth-order valence-corrected chi connectivity index (χ4v) is 2.70. The minimum atomic E-state index is -0.974. The van der Waals surface area contributed by atoms with Gasteiger partial charge in [-0.2, -0.15) is 0 Å². The summed E-state index contributed by atoms with van der Waals surface area (Å²) in [5.41, 5.74) is 1.17. The quantitative estimate of drug-likeness (QED) is 0.894. The van der Waals surface area contributed by atoms with Gasteiger partial charge in [0.2, 0.25) is 5.91 Å². The van der Waals surface area contributed by atoms with Crippen molar-refractivity contribution < 1.29 is 14.7 Å². The molecule has 0 bridgehead atoms. The van der Waals surface area contributed by atoms with Crippen LogP contribution < -0.4 is 0 Å². The summed E-state index contributed by atoms with van der Waals surface area (Å²) >= 11 is 0. The maximum atomic E-state index is 12.5. The molecule has 0 saturated carbocycles. The zero-order chi connectivity index (χ0) is 15.4. The Morgan fingerprint density at radius 1 is 1.38 bits per heavy atom. The zero-order valence-electron chi connectivity index (χ0n) is 12.5. The van der Waals surface area contributed by atoms with Crippen molar-refractivity contribution in [2.24, 2.45) is 0 Å². The number of carboxylic acid groups (broad SMARTS) is 1. The van der Waals surface area contributed by atoms with Gasteiger partial charge in [0.1, 0.15) is 6.04 Å². The smallest absolute Gasteiger partial charge is 0.326 e. The summed E-state index contributed by atoms with van der Waals surface area (Å²) in [7, 11) is 1.57. The number of hydrogen-bond acceptors (Lipinski definition) is 3. The third-order valence-corrected chi connectivity index (χ3v) is 4.16. The molecule has 1 aromatic carbocycles. The van der Waals surface area contributed by atoms with E-state index in [2.05, 4.69) is 4.90 Å². The van der Waals surface area contributed by atoms with Crippen molar-refractivity contribution in [1.29, 1.82) is 0 Å². The Morgan fingerprint density at radius 2 is 2.05 bits per heavy atom. The number of benzene rings is 1. The van der Waals surface area contributed by atoms with Crippen LogP contribution in [0.15, 0.2) is 30.3 Å². The van der Waals surface area contributed by atoms with Crippen LogP contribution in [0.4, 0.5) is 0 Å². The highest BCUT2D eigenvalue weighted by Crippen LogP contribution is 2.22. The maximum absolute atomic E-state index is 12.5. The normalized spacial score (nSPS) is 20.2. The van der Waals surface area contributed by atoms with Crippen molar-refractivity contribution in [3.8, 4) is 0 Å². The predicted molar refractivity (Wildman–Crippen MR) is 79.7 cm³/mol. The standard InChI is InChI=1S/C16H22N2O3/c1-12(16(20)21)17(2)15(19)14-9-6-10-18(14)11-13-7-4-3-5-8-13/h3-5,7-8,12,14H,6,9-11H2,1-2H3,(H,20,21). The van der Waals surface area contributed by atoms with E-state index in [1.54, 1.807) is 7.05 Å². The number of carboxylic acids is 1. The molecule has 1 N–H and O–H groups in total. The number of nitrogens with zero attached hydrogens (tertiary/aromatic N) is 2. The van der Waals surface area contributed by atoms with Crippen LogP contribution in [0.25, 0.3) is 0 Å². The van der Waals surface area contributed by atoms with Crippen LogP contribution in [0.3, 0.4) is 0 Å². The van der Waals surface area contributed by atoms with Gasteiger partial charge in [-0.25, -0.2) is 4.79 Å². The number of carbonyl (C=O) groups excluding carboxylic acids is 1. The second-order valence-corrected chi connectivity index (χ2v) is 5.58. The summed E-state index contributed by atoms with van der Waals surface area (Å²) in [5, 5.41) is 9.04. The number of likely N-dealkylation sites (N-methyl/N-ethyl adjacent to an activating group) is 1. The SMILES string of the molecule is CC(C(=O)O)N(C)C(=O)C1CCCN1Cc1ccccc1. The summed E-state index contributed by atoms with van der Waals surface area (Å²) in [4.78, 5) is 27.0. The molecule has 1 aliphatic heterocycles. The zero-order valence-corrected chi connectivity index (χ0v) is 12.5. The van der Waals surface area contributed by atoms with Crippen LogP contribution in [-0.2, 0) is 16.1 Å². The first-order valence-electron chi connectivity index (χ1n) is 7.28. The van der Waals surface area contributed by atoms with E-state index in [1.807, 2.05) is 30.3 Å². The van der Waals surface area contributed by atoms with E-state index in [-0.39, 0.29) is 11.9 Å². The van der Waals surface area contributed by atoms with Gasteiger partial charge in [0.15, 0.2) is 0 Å². The number of likely N-dealkylation sites (tertiary alicyclic amines) is 1. The van der Waals surface area contributed by atoms with E-state index in [0.717, 1.165) is 25.9 Å². The van der Waals surface area contributed by atoms with Gasteiger partial charge in [0, 0.05) is 13.6 Å². The maximum Gasteiger partial charge on any atom is 0.326 e. The molecule has 5 nitrogen and oxygen atoms in total. The largest absolute Gasteiger partial charge is 0.480 e. The van der Waals surface area contributed by atoms with Crippen LogP contribution in [0.1, 0.15) is 25.3 Å². The average Bonchev–Trinajstić information content (AvgIpc) is 2.94. The number of carbonyl (C=O) groups is 2. The van der Waals surface area contributed by atoms with Gasteiger partial charge >= 0.3 is 5.97 Å². The lowest BCUT2D eigenvalue weighted by Gasteiger charge is -2.29. The Balaban J connectivity index is 2.04. The Kier molecular flexibility index (Phi) is 4.96. The molecule has 5 heteroatoms. The van der Waals surface area contributed by atoms with Crippen LogP contribution in [-0.4, -0.2) is 52.5 Å². The summed E-state index contributed by atoms with van der Waals surface area (Å²) in [6.45, 7) is 3.14. The van der Waals surface area contributed by atoms with E-state index in [4.69, 9.17) is 5.11 Å². The highest BCUT2D eigenvalue weighted by atomic mass is 16.4. The summed E-state index contributed by atoms with van der Waals surface area (Å²) in [6, 6.07) is 9.03. The molecule has 1 aliphatic rings. The Morgan fingerprint density at radius 3 is 2.67 bits per heavy atom. The van der Waals surface area contributed by atoms with Crippen molar-refractivity contribution >= 4 is 11.9 Å². The molecule has 1 heterocycles. The van der Waals surface area contributed by atoms with Crippen molar-refractivity contribution in [2.45, 2.75) is 38.4 Å². The van der Waals surface area contributed by atoms with E-state index in [1.165, 1.54) is 17.4 Å². The second-order valence-electron chi connectivity index (χ2n) is 5.58. The average molecular weight is 290 g/mol. The predicted octanol–water partition coefficient (Wildman–Crippen LogP) is 1.58. The third-order valence-electron chi connectivity index (χ3n) is 4.16. The Bertz CT molecular complexity index is 504. The minimum Gasteiger partial charge on any atom is -0.480 e. The van der Waals surface area contributed by atoms with Gasteiger partial charge < -0.3 is 10.0 Å². The first kappa shape index (κ1) is 15.5. The molecule has 1 amide bonds. The molecule has 0 aromatic heterocycles. The molecule has 2 unspecified atom stereocenters.